The first-order valence-electron chi connectivity index (χ1n) is 14.9. The summed E-state index contributed by atoms with van der Waals surface area (Å²) in [6, 6.07) is 18.7. The topological polar surface area (TPSA) is 81.1 Å². The van der Waals surface area contributed by atoms with E-state index < -0.39 is 5.41 Å². The van der Waals surface area contributed by atoms with E-state index in [1.807, 2.05) is 55.5 Å². The van der Waals surface area contributed by atoms with Gasteiger partial charge in [0.05, 0.1) is 11.4 Å². The van der Waals surface area contributed by atoms with Crippen molar-refractivity contribution in [2.24, 2.45) is 5.92 Å². The molecule has 4 aromatic rings. The molecular formula is C35H36Cl2N2O4. The standard InChI is InChI=1S/C35H36Cl2N2O4/c1-20(2)35(21(3)37)19-39(28-16-30(41)24-10-5-7-12-26(24)34(28)35)32(43)14-8-13-31(42)38-18-22(17-36)33-25-11-6-4-9-23(25)29(40)15-27(33)38/h4-7,9-12,15-16,20-22,40-41H,8,13-14,17-19H2,1-3H3. The third-order valence-corrected chi connectivity index (χ3v) is 10.4. The molecule has 3 atom stereocenters. The zero-order valence-corrected chi connectivity index (χ0v) is 26.1. The van der Waals surface area contributed by atoms with Crippen LogP contribution in [0.4, 0.5) is 11.4 Å². The first kappa shape index (κ1) is 29.6. The van der Waals surface area contributed by atoms with E-state index in [4.69, 9.17) is 23.2 Å². The summed E-state index contributed by atoms with van der Waals surface area (Å²) in [6.45, 7) is 7.08. The van der Waals surface area contributed by atoms with Crippen molar-refractivity contribution in [3.63, 3.8) is 0 Å². The third kappa shape index (κ3) is 4.61. The van der Waals surface area contributed by atoms with Gasteiger partial charge in [-0.25, -0.2) is 0 Å². The number of amides is 2. The molecular weight excluding hydrogens is 583 g/mol. The summed E-state index contributed by atoms with van der Waals surface area (Å²) < 4.78 is 0. The number of alkyl halides is 2. The molecule has 2 heterocycles. The molecule has 8 heteroatoms. The molecule has 4 aromatic carbocycles. The summed E-state index contributed by atoms with van der Waals surface area (Å²) in [4.78, 5) is 30.8. The maximum Gasteiger partial charge on any atom is 0.227 e. The maximum atomic E-state index is 13.8. The molecule has 6 rings (SSSR count). The van der Waals surface area contributed by atoms with Crippen LogP contribution in [0.5, 0.6) is 11.5 Å². The van der Waals surface area contributed by atoms with Gasteiger partial charge in [-0.3, -0.25) is 9.59 Å². The number of nitrogens with zero attached hydrogens (tertiary/aromatic N) is 2. The fourth-order valence-electron chi connectivity index (χ4n) is 7.40. The third-order valence-electron chi connectivity index (χ3n) is 9.63. The molecule has 0 spiro atoms. The molecule has 0 aliphatic carbocycles. The second-order valence-electron chi connectivity index (χ2n) is 12.2. The Morgan fingerprint density at radius 2 is 1.40 bits per heavy atom. The number of fused-ring (bicyclic) bond motifs is 6. The van der Waals surface area contributed by atoms with Gasteiger partial charge in [0, 0.05) is 71.4 Å². The summed E-state index contributed by atoms with van der Waals surface area (Å²) >= 11 is 13.3. The number of anilines is 2. The van der Waals surface area contributed by atoms with Crippen molar-refractivity contribution in [2.75, 3.05) is 28.8 Å². The molecule has 2 N–H and O–H groups in total. The molecule has 0 fully saturated rings. The minimum Gasteiger partial charge on any atom is -0.507 e. The number of benzene rings is 4. The fraction of sp³-hybridized carbons (Fsp3) is 0.371. The van der Waals surface area contributed by atoms with Gasteiger partial charge in [-0.1, -0.05) is 62.4 Å². The van der Waals surface area contributed by atoms with Crippen molar-refractivity contribution in [2.45, 2.75) is 56.7 Å². The first-order valence-corrected chi connectivity index (χ1v) is 15.9. The van der Waals surface area contributed by atoms with Gasteiger partial charge < -0.3 is 20.0 Å². The highest BCUT2D eigenvalue weighted by molar-refractivity contribution is 6.22. The molecule has 0 aromatic heterocycles. The van der Waals surface area contributed by atoms with Crippen molar-refractivity contribution >= 4 is 67.9 Å². The number of carbonyl (C=O) groups is 2. The minimum absolute atomic E-state index is 0.0435. The zero-order chi connectivity index (χ0) is 30.6. The lowest BCUT2D eigenvalue weighted by molar-refractivity contribution is -0.119. The maximum absolute atomic E-state index is 13.8. The lowest BCUT2D eigenvalue weighted by Crippen LogP contribution is -2.45. The van der Waals surface area contributed by atoms with Crippen LogP contribution < -0.4 is 9.80 Å². The molecule has 2 aliphatic heterocycles. The molecule has 3 unspecified atom stereocenters. The summed E-state index contributed by atoms with van der Waals surface area (Å²) in [6.07, 6.45) is 0.718. The van der Waals surface area contributed by atoms with Crippen LogP contribution in [0.2, 0.25) is 0 Å². The highest BCUT2D eigenvalue weighted by Gasteiger charge is 2.51. The van der Waals surface area contributed by atoms with Crippen LogP contribution in [0.25, 0.3) is 21.5 Å². The van der Waals surface area contributed by atoms with Crippen LogP contribution in [0, 0.1) is 5.92 Å². The normalized spacial score (nSPS) is 20.2. The van der Waals surface area contributed by atoms with Crippen LogP contribution in [0.15, 0.2) is 60.7 Å². The van der Waals surface area contributed by atoms with Gasteiger partial charge in [0.15, 0.2) is 0 Å². The Morgan fingerprint density at radius 1 is 0.860 bits per heavy atom. The Hall–Kier alpha value is -3.48. The summed E-state index contributed by atoms with van der Waals surface area (Å²) in [5, 5.41) is 24.6. The van der Waals surface area contributed by atoms with Crippen molar-refractivity contribution in [3.8, 4) is 11.5 Å². The molecule has 43 heavy (non-hydrogen) atoms. The smallest absolute Gasteiger partial charge is 0.227 e. The van der Waals surface area contributed by atoms with Crippen LogP contribution in [0.3, 0.4) is 0 Å². The van der Waals surface area contributed by atoms with E-state index in [0.29, 0.717) is 36.8 Å². The van der Waals surface area contributed by atoms with E-state index in [0.717, 1.165) is 32.7 Å². The van der Waals surface area contributed by atoms with E-state index in [1.54, 1.807) is 21.9 Å². The van der Waals surface area contributed by atoms with E-state index in [2.05, 4.69) is 13.8 Å². The largest absolute Gasteiger partial charge is 0.507 e. The number of phenols is 2. The molecule has 224 valence electrons. The number of rotatable bonds is 7. The molecule has 6 nitrogen and oxygen atoms in total. The van der Waals surface area contributed by atoms with Crippen LogP contribution in [-0.4, -0.2) is 46.4 Å². The predicted molar refractivity (Wildman–Crippen MR) is 175 cm³/mol. The number of hydrogen-bond donors (Lipinski definition) is 2. The number of hydrogen-bond acceptors (Lipinski definition) is 4. The lowest BCUT2D eigenvalue weighted by atomic mass is 9.69. The molecule has 0 saturated heterocycles. The van der Waals surface area contributed by atoms with Crippen LogP contribution >= 0.6 is 23.2 Å². The average molecular weight is 620 g/mol. The highest BCUT2D eigenvalue weighted by atomic mass is 35.5. The Morgan fingerprint density at radius 3 is 1.98 bits per heavy atom. The van der Waals surface area contributed by atoms with Crippen LogP contribution in [-0.2, 0) is 15.0 Å². The van der Waals surface area contributed by atoms with E-state index in [9.17, 15) is 19.8 Å². The van der Waals surface area contributed by atoms with E-state index in [-0.39, 0.29) is 53.4 Å². The minimum atomic E-state index is -0.504. The average Bonchev–Trinajstić information content (AvgIpc) is 3.54. The molecule has 2 aliphatic rings. The highest BCUT2D eigenvalue weighted by Crippen LogP contribution is 2.54. The SMILES string of the molecule is CC(C)C1(C(C)Cl)CN(C(=O)CCCC(=O)N2CC(CCl)c3c2cc(O)c2ccccc32)c2cc(O)c3ccccc3c21. The quantitative estimate of drug-likeness (QED) is 0.207. The monoisotopic (exact) mass is 618 g/mol. The second-order valence-corrected chi connectivity index (χ2v) is 13.2. The molecule has 2 amide bonds. The van der Waals surface area contributed by atoms with Gasteiger partial charge in [0.2, 0.25) is 11.8 Å². The van der Waals surface area contributed by atoms with Gasteiger partial charge in [-0.2, -0.15) is 0 Å². The van der Waals surface area contributed by atoms with E-state index >= 15 is 0 Å². The van der Waals surface area contributed by atoms with Gasteiger partial charge in [0.25, 0.3) is 0 Å². The van der Waals surface area contributed by atoms with Crippen molar-refractivity contribution in [1.29, 1.82) is 0 Å². The van der Waals surface area contributed by atoms with E-state index in [1.165, 1.54) is 0 Å². The first-order chi connectivity index (χ1) is 20.6. The van der Waals surface area contributed by atoms with Crippen molar-refractivity contribution < 1.29 is 19.8 Å². The number of halogens is 2. The second kappa shape index (κ2) is 11.2. The van der Waals surface area contributed by atoms with Gasteiger partial charge in [-0.05, 0) is 41.2 Å². The Labute approximate surface area is 261 Å². The molecule has 0 radical (unpaired) electrons. The Balaban J connectivity index is 1.24. The number of carbonyl (C=O) groups excluding carboxylic acids is 2. The fourth-order valence-corrected chi connectivity index (χ4v) is 8.08. The predicted octanol–water partition coefficient (Wildman–Crippen LogP) is 7.81. The molecule has 0 bridgehead atoms. The van der Waals surface area contributed by atoms with Crippen molar-refractivity contribution in [3.05, 3.63) is 71.8 Å². The Bertz CT molecular complexity index is 1740. The lowest BCUT2D eigenvalue weighted by Gasteiger charge is -2.37. The van der Waals surface area contributed by atoms with Gasteiger partial charge in [-0.15, -0.1) is 23.2 Å². The van der Waals surface area contributed by atoms with Crippen molar-refractivity contribution in [1.82, 2.24) is 0 Å². The molecule has 0 saturated carbocycles. The van der Waals surface area contributed by atoms with Crippen LogP contribution in [0.1, 0.15) is 57.1 Å². The number of aromatic hydroxyl groups is 2. The van der Waals surface area contributed by atoms with Gasteiger partial charge in [0.1, 0.15) is 11.5 Å². The summed E-state index contributed by atoms with van der Waals surface area (Å²) in [5.41, 5.74) is 2.85. The summed E-state index contributed by atoms with van der Waals surface area (Å²) in [7, 11) is 0. The van der Waals surface area contributed by atoms with Gasteiger partial charge >= 0.3 is 0 Å². The Kier molecular flexibility index (Phi) is 7.72. The number of phenolic OH excluding ortho intramolecular Hbond substituents is 2. The zero-order valence-electron chi connectivity index (χ0n) is 24.6. The summed E-state index contributed by atoms with van der Waals surface area (Å²) in [5.74, 6) is 0.489.